The quantitative estimate of drug-likeness (QED) is 0.781. The minimum Gasteiger partial charge on any atom is -0.481 e. The van der Waals surface area contributed by atoms with Crippen molar-refractivity contribution in [1.29, 1.82) is 0 Å². The number of amides is 1. The minimum atomic E-state index is -4.74. The van der Waals surface area contributed by atoms with E-state index in [1.807, 2.05) is 0 Å². The van der Waals surface area contributed by atoms with Crippen molar-refractivity contribution in [2.45, 2.75) is 26.1 Å². The van der Waals surface area contributed by atoms with Crippen LogP contribution in [0.1, 0.15) is 27.2 Å². The Balaban J connectivity index is 1.91. The van der Waals surface area contributed by atoms with Crippen LogP contribution >= 0.6 is 0 Å². The molecule has 0 radical (unpaired) electrons. The summed E-state index contributed by atoms with van der Waals surface area (Å²) in [4.78, 5) is 23.0. The highest BCUT2D eigenvalue weighted by molar-refractivity contribution is 5.97. The Hall–Kier alpha value is -2.97. The molecule has 1 aromatic heterocycles. The van der Waals surface area contributed by atoms with Crippen LogP contribution < -0.4 is 10.1 Å². The van der Waals surface area contributed by atoms with Crippen molar-refractivity contribution in [3.8, 4) is 5.75 Å². The number of aliphatic carboxylic acids is 1. The first-order chi connectivity index (χ1) is 12.2. The number of nitrogens with one attached hydrogen (secondary N) is 1. The zero-order valence-corrected chi connectivity index (χ0v) is 13.7. The summed E-state index contributed by atoms with van der Waals surface area (Å²) in [6, 6.07) is 5.31. The molecule has 1 aromatic carbocycles. The van der Waals surface area contributed by atoms with E-state index >= 15 is 0 Å². The first kappa shape index (κ1) is 19.4. The van der Waals surface area contributed by atoms with Gasteiger partial charge in [-0.3, -0.25) is 9.59 Å². The van der Waals surface area contributed by atoms with Gasteiger partial charge in [-0.25, -0.2) is 0 Å². The Bertz CT molecular complexity index is 781. The largest absolute Gasteiger partial charge is 0.573 e. The highest BCUT2D eigenvalue weighted by Crippen LogP contribution is 2.23. The maximum Gasteiger partial charge on any atom is 0.573 e. The zero-order valence-electron chi connectivity index (χ0n) is 13.7. The number of hydrogen-bond acceptors (Lipinski definition) is 4. The fourth-order valence-electron chi connectivity index (χ4n) is 2.34. The monoisotopic (exact) mass is 371 g/mol. The molecule has 0 aliphatic rings. The van der Waals surface area contributed by atoms with Crippen molar-refractivity contribution >= 4 is 11.9 Å². The molecule has 0 atom stereocenters. The molecular weight excluding hydrogens is 355 g/mol. The molecule has 0 saturated heterocycles. The molecule has 2 aromatic rings. The Morgan fingerprint density at radius 2 is 1.88 bits per heavy atom. The van der Waals surface area contributed by atoms with Crippen molar-refractivity contribution in [2.24, 2.45) is 0 Å². The van der Waals surface area contributed by atoms with Crippen molar-refractivity contribution in [1.82, 2.24) is 5.32 Å². The van der Waals surface area contributed by atoms with Gasteiger partial charge < -0.3 is 19.6 Å². The SMILES string of the molecule is Cc1coc(CC(=O)O)c1C(=O)NCCc1ccc(OC(F)(F)F)cc1. The van der Waals surface area contributed by atoms with Gasteiger partial charge in [0.25, 0.3) is 5.91 Å². The van der Waals surface area contributed by atoms with Crippen LogP contribution in [0.25, 0.3) is 0 Å². The Labute approximate surface area is 146 Å². The normalized spacial score (nSPS) is 11.2. The van der Waals surface area contributed by atoms with E-state index in [9.17, 15) is 22.8 Å². The van der Waals surface area contributed by atoms with Crippen LogP contribution in [0.2, 0.25) is 0 Å². The molecule has 26 heavy (non-hydrogen) atoms. The zero-order chi connectivity index (χ0) is 19.3. The third-order valence-corrected chi connectivity index (χ3v) is 3.45. The maximum atomic E-state index is 12.2. The average molecular weight is 371 g/mol. The lowest BCUT2D eigenvalue weighted by molar-refractivity contribution is -0.274. The van der Waals surface area contributed by atoms with Gasteiger partial charge in [0.05, 0.1) is 11.8 Å². The number of benzene rings is 1. The maximum absolute atomic E-state index is 12.2. The first-order valence-corrected chi connectivity index (χ1v) is 7.57. The molecule has 0 spiro atoms. The molecule has 0 saturated carbocycles. The summed E-state index contributed by atoms with van der Waals surface area (Å²) in [5.74, 6) is -1.84. The molecule has 1 heterocycles. The van der Waals surface area contributed by atoms with Gasteiger partial charge in [-0.15, -0.1) is 13.2 Å². The van der Waals surface area contributed by atoms with Gasteiger partial charge in [0.15, 0.2) is 0 Å². The lowest BCUT2D eigenvalue weighted by Gasteiger charge is -2.10. The number of carboxylic acids is 1. The summed E-state index contributed by atoms with van der Waals surface area (Å²) in [5.41, 5.74) is 1.41. The molecule has 0 bridgehead atoms. The standard InChI is InChI=1S/C17H16F3NO5/c1-10-9-25-13(8-14(22)23)15(10)16(24)21-7-6-11-2-4-12(5-3-11)26-17(18,19)20/h2-5,9H,6-8H2,1H3,(H,21,24)(H,22,23). The number of carbonyl (C=O) groups is 2. The number of rotatable bonds is 7. The Kier molecular flexibility index (Phi) is 5.91. The number of halogens is 3. The fraction of sp³-hybridized carbons (Fsp3) is 0.294. The molecule has 1 amide bonds. The second kappa shape index (κ2) is 7.94. The van der Waals surface area contributed by atoms with Gasteiger partial charge in [0, 0.05) is 12.1 Å². The number of alkyl halides is 3. The third kappa shape index (κ3) is 5.54. The fourth-order valence-corrected chi connectivity index (χ4v) is 2.34. The van der Waals surface area contributed by atoms with E-state index in [2.05, 4.69) is 10.1 Å². The lowest BCUT2D eigenvalue weighted by atomic mass is 10.1. The average Bonchev–Trinajstić information content (AvgIpc) is 2.87. The molecule has 9 heteroatoms. The van der Waals surface area contributed by atoms with E-state index < -0.39 is 24.7 Å². The van der Waals surface area contributed by atoms with E-state index in [4.69, 9.17) is 9.52 Å². The number of ether oxygens (including phenoxy) is 1. The summed E-state index contributed by atoms with van der Waals surface area (Å²) < 4.78 is 45.2. The summed E-state index contributed by atoms with van der Waals surface area (Å²) in [6.07, 6.45) is -3.46. The van der Waals surface area contributed by atoms with Crippen LogP contribution in [0, 0.1) is 6.92 Å². The van der Waals surface area contributed by atoms with Crippen molar-refractivity contribution in [2.75, 3.05) is 6.54 Å². The van der Waals surface area contributed by atoms with Gasteiger partial charge in [0.2, 0.25) is 0 Å². The summed E-state index contributed by atoms with van der Waals surface area (Å²) in [6.45, 7) is 1.85. The van der Waals surface area contributed by atoms with Crippen molar-refractivity contribution in [3.63, 3.8) is 0 Å². The third-order valence-electron chi connectivity index (χ3n) is 3.45. The number of carbonyl (C=O) groups excluding carboxylic acids is 1. The highest BCUT2D eigenvalue weighted by atomic mass is 19.4. The number of furan rings is 1. The van der Waals surface area contributed by atoms with Gasteiger partial charge in [-0.05, 0) is 31.0 Å². The molecule has 0 unspecified atom stereocenters. The van der Waals surface area contributed by atoms with Crippen molar-refractivity contribution in [3.05, 3.63) is 53.0 Å². The second-order valence-corrected chi connectivity index (χ2v) is 5.49. The van der Waals surface area contributed by atoms with Crippen LogP contribution in [-0.2, 0) is 17.6 Å². The summed E-state index contributed by atoms with van der Waals surface area (Å²) in [5, 5.41) is 11.5. The minimum absolute atomic E-state index is 0.0705. The number of carboxylic acid groups (broad SMARTS) is 1. The van der Waals surface area contributed by atoms with Gasteiger partial charge in [0.1, 0.15) is 17.9 Å². The van der Waals surface area contributed by atoms with Crippen LogP contribution in [0.3, 0.4) is 0 Å². The van der Waals surface area contributed by atoms with Gasteiger partial charge >= 0.3 is 12.3 Å². The van der Waals surface area contributed by atoms with Gasteiger partial charge in [-0.1, -0.05) is 12.1 Å². The predicted octanol–water partition coefficient (Wildman–Crippen LogP) is 3.09. The van der Waals surface area contributed by atoms with Crippen LogP contribution in [0.4, 0.5) is 13.2 Å². The molecular formula is C17H16F3NO5. The lowest BCUT2D eigenvalue weighted by Crippen LogP contribution is -2.27. The molecule has 6 nitrogen and oxygen atoms in total. The van der Waals surface area contributed by atoms with E-state index in [1.54, 1.807) is 6.92 Å². The smallest absolute Gasteiger partial charge is 0.481 e. The molecule has 0 fully saturated rings. The van der Waals surface area contributed by atoms with E-state index in [-0.39, 0.29) is 23.6 Å². The Morgan fingerprint density at radius 3 is 2.46 bits per heavy atom. The van der Waals surface area contributed by atoms with Gasteiger partial charge in [-0.2, -0.15) is 0 Å². The topological polar surface area (TPSA) is 88.8 Å². The molecule has 140 valence electrons. The first-order valence-electron chi connectivity index (χ1n) is 7.57. The van der Waals surface area contributed by atoms with Crippen LogP contribution in [-0.4, -0.2) is 29.9 Å². The summed E-state index contributed by atoms with van der Waals surface area (Å²) >= 11 is 0. The molecule has 0 aliphatic heterocycles. The predicted molar refractivity (Wildman–Crippen MR) is 83.9 cm³/mol. The molecule has 2 rings (SSSR count). The van der Waals surface area contributed by atoms with Crippen LogP contribution in [0.15, 0.2) is 34.9 Å². The molecule has 2 N–H and O–H groups in total. The Morgan fingerprint density at radius 1 is 1.23 bits per heavy atom. The number of aryl methyl sites for hydroxylation is 1. The van der Waals surface area contributed by atoms with E-state index in [1.165, 1.54) is 30.5 Å². The summed E-state index contributed by atoms with van der Waals surface area (Å²) in [7, 11) is 0. The van der Waals surface area contributed by atoms with Crippen molar-refractivity contribution < 1.29 is 37.0 Å². The second-order valence-electron chi connectivity index (χ2n) is 5.49. The van der Waals surface area contributed by atoms with E-state index in [0.29, 0.717) is 17.5 Å². The number of hydrogen-bond donors (Lipinski definition) is 2. The molecule has 0 aliphatic carbocycles. The van der Waals surface area contributed by atoms with Crippen LogP contribution in [0.5, 0.6) is 5.75 Å². The highest BCUT2D eigenvalue weighted by Gasteiger charge is 2.30. The van der Waals surface area contributed by atoms with E-state index in [0.717, 1.165) is 0 Å².